The number of nitrogens with zero attached hydrogens (tertiary/aromatic N) is 1. The van der Waals surface area contributed by atoms with Gasteiger partial charge in [-0.2, -0.15) is 0 Å². The van der Waals surface area contributed by atoms with Gasteiger partial charge < -0.3 is 15.2 Å². The summed E-state index contributed by atoms with van der Waals surface area (Å²) >= 11 is 0. The predicted molar refractivity (Wildman–Crippen MR) is 73.3 cm³/mol. The lowest BCUT2D eigenvalue weighted by atomic mass is 10.1. The van der Waals surface area contributed by atoms with Crippen LogP contribution in [0.5, 0.6) is 5.75 Å². The number of carbonyl (C=O) groups excluding carboxylic acids is 1. The number of hydrogen-bond acceptors (Lipinski definition) is 5. The smallest absolute Gasteiger partial charge is 0.340 e. The number of benzene rings is 1. The Labute approximate surface area is 111 Å². The minimum atomic E-state index is -0.425. The molecule has 2 aromatic rings. The molecule has 0 fully saturated rings. The molecule has 0 bridgehead atoms. The van der Waals surface area contributed by atoms with E-state index in [2.05, 4.69) is 4.98 Å². The van der Waals surface area contributed by atoms with Crippen LogP contribution in [0.15, 0.2) is 24.4 Å². The third-order valence-electron chi connectivity index (χ3n) is 2.79. The maximum absolute atomic E-state index is 11.9. The van der Waals surface area contributed by atoms with Crippen LogP contribution >= 0.6 is 0 Å². The Kier molecular flexibility index (Phi) is 3.85. The van der Waals surface area contributed by atoms with Crippen molar-refractivity contribution in [1.82, 2.24) is 4.98 Å². The molecule has 0 saturated heterocycles. The van der Waals surface area contributed by atoms with Crippen molar-refractivity contribution < 1.29 is 14.3 Å². The summed E-state index contributed by atoms with van der Waals surface area (Å²) in [7, 11) is 1.58. The lowest BCUT2D eigenvalue weighted by molar-refractivity contribution is 0.0506. The van der Waals surface area contributed by atoms with E-state index >= 15 is 0 Å². The quantitative estimate of drug-likeness (QED) is 0.675. The Morgan fingerprint density at radius 2 is 2.16 bits per heavy atom. The number of fused-ring (bicyclic) bond motifs is 1. The van der Waals surface area contributed by atoms with Crippen LogP contribution in [0.1, 0.15) is 23.7 Å². The van der Waals surface area contributed by atoms with Gasteiger partial charge in [-0.3, -0.25) is 4.98 Å². The topological polar surface area (TPSA) is 74.4 Å². The van der Waals surface area contributed by atoms with Crippen molar-refractivity contribution in [2.75, 3.05) is 19.5 Å². The first-order chi connectivity index (χ1) is 9.19. The zero-order valence-electron chi connectivity index (χ0n) is 11.0. The average molecular weight is 260 g/mol. The van der Waals surface area contributed by atoms with E-state index in [1.807, 2.05) is 6.92 Å². The summed E-state index contributed by atoms with van der Waals surface area (Å²) in [6, 6.07) is 5.15. The second-order valence-electron chi connectivity index (χ2n) is 4.07. The van der Waals surface area contributed by atoms with Gasteiger partial charge in [0.15, 0.2) is 0 Å². The summed E-state index contributed by atoms with van der Waals surface area (Å²) in [5, 5.41) is 0.773. The number of hydrogen-bond donors (Lipinski definition) is 1. The van der Waals surface area contributed by atoms with Crippen LogP contribution in [0.3, 0.4) is 0 Å². The Bertz CT molecular complexity index is 611. The molecular weight excluding hydrogens is 244 g/mol. The molecule has 0 saturated carbocycles. The van der Waals surface area contributed by atoms with Gasteiger partial charge in [0.2, 0.25) is 0 Å². The molecule has 1 heterocycles. The zero-order valence-corrected chi connectivity index (χ0v) is 11.0. The maximum Gasteiger partial charge on any atom is 0.340 e. The van der Waals surface area contributed by atoms with Crippen LogP contribution < -0.4 is 10.5 Å². The first kappa shape index (κ1) is 13.1. The SMILES string of the molecule is CCCOC(=O)c1ccc2c(OC)ccnc2c1N. The van der Waals surface area contributed by atoms with Crippen LogP contribution in [-0.2, 0) is 4.74 Å². The number of pyridine rings is 1. The molecule has 100 valence electrons. The molecular formula is C14H16N2O3. The number of nitrogens with two attached hydrogens (primary N) is 1. The number of nitrogen functional groups attached to an aromatic ring is 1. The molecule has 5 nitrogen and oxygen atoms in total. The van der Waals surface area contributed by atoms with Crippen LogP contribution in [0.25, 0.3) is 10.9 Å². The number of methoxy groups -OCH3 is 1. The van der Waals surface area contributed by atoms with Crippen molar-refractivity contribution in [3.63, 3.8) is 0 Å². The number of aromatic nitrogens is 1. The average Bonchev–Trinajstić information content (AvgIpc) is 2.44. The third-order valence-corrected chi connectivity index (χ3v) is 2.79. The normalized spacial score (nSPS) is 10.4. The highest BCUT2D eigenvalue weighted by Gasteiger charge is 2.15. The monoisotopic (exact) mass is 260 g/mol. The fourth-order valence-corrected chi connectivity index (χ4v) is 1.84. The van der Waals surface area contributed by atoms with E-state index in [9.17, 15) is 4.79 Å². The molecule has 1 aromatic heterocycles. The fourth-order valence-electron chi connectivity index (χ4n) is 1.84. The van der Waals surface area contributed by atoms with Gasteiger partial charge in [0.05, 0.1) is 30.5 Å². The largest absolute Gasteiger partial charge is 0.496 e. The second-order valence-corrected chi connectivity index (χ2v) is 4.07. The molecule has 0 amide bonds. The standard InChI is InChI=1S/C14H16N2O3/c1-3-8-19-14(17)10-5-4-9-11(18-2)6-7-16-13(9)12(10)15/h4-7H,3,8,15H2,1-2H3. The van der Waals surface area contributed by atoms with Crippen LogP contribution in [0.2, 0.25) is 0 Å². The fraction of sp³-hybridized carbons (Fsp3) is 0.286. The van der Waals surface area contributed by atoms with Crippen molar-refractivity contribution in [2.45, 2.75) is 13.3 Å². The highest BCUT2D eigenvalue weighted by atomic mass is 16.5. The summed E-state index contributed by atoms with van der Waals surface area (Å²) in [6.45, 7) is 2.31. The van der Waals surface area contributed by atoms with Crippen molar-refractivity contribution >= 4 is 22.6 Å². The molecule has 2 N–H and O–H groups in total. The number of anilines is 1. The Balaban J connectivity index is 2.49. The summed E-state index contributed by atoms with van der Waals surface area (Å²) < 4.78 is 10.3. The summed E-state index contributed by atoms with van der Waals surface area (Å²) in [5.74, 6) is 0.246. The molecule has 5 heteroatoms. The molecule has 0 aliphatic rings. The van der Waals surface area contributed by atoms with Gasteiger partial charge in [0, 0.05) is 11.6 Å². The Morgan fingerprint density at radius 3 is 2.84 bits per heavy atom. The highest BCUT2D eigenvalue weighted by Crippen LogP contribution is 2.29. The second kappa shape index (κ2) is 5.56. The lowest BCUT2D eigenvalue weighted by Crippen LogP contribution is -2.09. The maximum atomic E-state index is 11.9. The number of esters is 1. The van der Waals surface area contributed by atoms with Crippen molar-refractivity contribution in [2.24, 2.45) is 0 Å². The van der Waals surface area contributed by atoms with Crippen LogP contribution in [0, 0.1) is 0 Å². The molecule has 0 aliphatic heterocycles. The van der Waals surface area contributed by atoms with E-state index in [4.69, 9.17) is 15.2 Å². The van der Waals surface area contributed by atoms with E-state index in [0.717, 1.165) is 11.8 Å². The first-order valence-corrected chi connectivity index (χ1v) is 6.07. The highest BCUT2D eigenvalue weighted by molar-refractivity contribution is 6.05. The number of carbonyl (C=O) groups is 1. The molecule has 2 rings (SSSR count). The van der Waals surface area contributed by atoms with E-state index in [1.165, 1.54) is 0 Å². The van der Waals surface area contributed by atoms with E-state index in [1.54, 1.807) is 31.5 Å². The van der Waals surface area contributed by atoms with Gasteiger partial charge >= 0.3 is 5.97 Å². The zero-order chi connectivity index (χ0) is 13.8. The van der Waals surface area contributed by atoms with Crippen LogP contribution in [0.4, 0.5) is 5.69 Å². The number of ether oxygens (including phenoxy) is 2. The van der Waals surface area contributed by atoms with Gasteiger partial charge in [-0.15, -0.1) is 0 Å². The van der Waals surface area contributed by atoms with Crippen molar-refractivity contribution in [1.29, 1.82) is 0 Å². The Morgan fingerprint density at radius 1 is 1.37 bits per heavy atom. The molecule has 1 aromatic carbocycles. The number of rotatable bonds is 4. The molecule has 0 unspecified atom stereocenters. The summed E-state index contributed by atoms with van der Waals surface area (Å²) in [4.78, 5) is 16.1. The summed E-state index contributed by atoms with van der Waals surface area (Å²) in [5.41, 5.74) is 7.19. The first-order valence-electron chi connectivity index (χ1n) is 6.07. The molecule has 0 spiro atoms. The molecule has 0 aliphatic carbocycles. The minimum absolute atomic E-state index is 0.317. The van der Waals surface area contributed by atoms with Crippen molar-refractivity contribution in [3.8, 4) is 5.75 Å². The van der Waals surface area contributed by atoms with E-state index in [-0.39, 0.29) is 0 Å². The van der Waals surface area contributed by atoms with Gasteiger partial charge in [0.1, 0.15) is 5.75 Å². The van der Waals surface area contributed by atoms with Crippen LogP contribution in [-0.4, -0.2) is 24.7 Å². The molecule has 0 atom stereocenters. The van der Waals surface area contributed by atoms with Gasteiger partial charge in [-0.25, -0.2) is 4.79 Å². The van der Waals surface area contributed by atoms with E-state index < -0.39 is 5.97 Å². The predicted octanol–water partition coefficient (Wildman–Crippen LogP) is 2.39. The van der Waals surface area contributed by atoms with Gasteiger partial charge in [0.25, 0.3) is 0 Å². The minimum Gasteiger partial charge on any atom is -0.496 e. The van der Waals surface area contributed by atoms with E-state index in [0.29, 0.717) is 29.1 Å². The Hall–Kier alpha value is -2.30. The van der Waals surface area contributed by atoms with Crippen molar-refractivity contribution in [3.05, 3.63) is 30.0 Å². The van der Waals surface area contributed by atoms with Gasteiger partial charge in [-0.05, 0) is 24.6 Å². The lowest BCUT2D eigenvalue weighted by Gasteiger charge is -2.10. The summed E-state index contributed by atoms with van der Waals surface area (Å²) in [6.07, 6.45) is 2.37. The van der Waals surface area contributed by atoms with Gasteiger partial charge in [-0.1, -0.05) is 6.92 Å². The molecule has 0 radical (unpaired) electrons. The third kappa shape index (κ3) is 2.45. The molecule has 19 heavy (non-hydrogen) atoms.